The number of nitrogens with one attached hydrogen (secondary N) is 2. The third kappa shape index (κ3) is 5.35. The molecule has 0 bridgehead atoms. The molecule has 0 saturated carbocycles. The van der Waals surface area contributed by atoms with E-state index in [0.29, 0.717) is 0 Å². The van der Waals surface area contributed by atoms with Gasteiger partial charge >= 0.3 is 22.8 Å². The molecular formula is C21H38N2O7Si2. The van der Waals surface area contributed by atoms with E-state index in [4.69, 9.17) is 17.7 Å². The van der Waals surface area contributed by atoms with Gasteiger partial charge in [0, 0.05) is 6.20 Å². The lowest BCUT2D eigenvalue weighted by Gasteiger charge is -2.45. The quantitative estimate of drug-likeness (QED) is 0.459. The van der Waals surface area contributed by atoms with Gasteiger partial charge in [0.05, 0.1) is 12.2 Å². The molecule has 32 heavy (non-hydrogen) atoms. The molecule has 0 aliphatic carbocycles. The number of H-pyrrole nitrogens is 2. The fourth-order valence-electron chi connectivity index (χ4n) is 5.02. The number of hydrogen-bond donors (Lipinski definition) is 3. The highest BCUT2D eigenvalue weighted by Crippen LogP contribution is 2.42. The highest BCUT2D eigenvalue weighted by atomic mass is 28.5. The maximum absolute atomic E-state index is 12.4. The highest BCUT2D eigenvalue weighted by Gasteiger charge is 2.56. The minimum absolute atomic E-state index is 0.178. The lowest BCUT2D eigenvalue weighted by molar-refractivity contribution is -0.0356. The maximum atomic E-state index is 12.4. The first-order valence-corrected chi connectivity index (χ1v) is 16.5. The molecule has 1 aromatic rings. The molecule has 2 fully saturated rings. The van der Waals surface area contributed by atoms with Gasteiger partial charge in [-0.15, -0.1) is 0 Å². The molecule has 1 aromatic heterocycles. The van der Waals surface area contributed by atoms with Crippen LogP contribution < -0.4 is 11.2 Å². The Morgan fingerprint density at radius 3 is 2.16 bits per heavy atom. The van der Waals surface area contributed by atoms with Gasteiger partial charge in [-0.1, -0.05) is 53.4 Å². The van der Waals surface area contributed by atoms with Crippen molar-refractivity contribution in [2.24, 2.45) is 0 Å². The van der Waals surface area contributed by atoms with Crippen molar-refractivity contribution in [1.29, 1.82) is 0 Å². The van der Waals surface area contributed by atoms with E-state index in [1.165, 1.54) is 6.20 Å². The first kappa shape index (κ1) is 25.5. The topological polar surface area (TPSA) is 123 Å². The van der Waals surface area contributed by atoms with Crippen LogP contribution in [0.15, 0.2) is 15.8 Å². The van der Waals surface area contributed by atoms with Crippen molar-refractivity contribution in [1.82, 2.24) is 9.97 Å². The summed E-state index contributed by atoms with van der Waals surface area (Å²) < 4.78 is 26.5. The second-order valence-electron chi connectivity index (χ2n) is 8.93. The molecule has 9 nitrogen and oxygen atoms in total. The number of aliphatic hydroxyl groups is 1. The van der Waals surface area contributed by atoms with Crippen LogP contribution in [0.5, 0.6) is 0 Å². The summed E-state index contributed by atoms with van der Waals surface area (Å²) in [5.74, 6) is 0. The largest absolute Gasteiger partial charge is 0.414 e. The molecule has 0 amide bonds. The van der Waals surface area contributed by atoms with Gasteiger partial charge in [0.2, 0.25) is 0 Å². The molecule has 0 unspecified atom stereocenters. The van der Waals surface area contributed by atoms with Crippen molar-refractivity contribution in [2.75, 3.05) is 6.61 Å². The van der Waals surface area contributed by atoms with Crippen LogP contribution in [0.1, 0.15) is 65.0 Å². The second-order valence-corrected chi connectivity index (χ2v) is 15.9. The zero-order chi connectivity index (χ0) is 23.4. The second kappa shape index (κ2) is 10.9. The molecule has 0 spiro atoms. The highest BCUT2D eigenvalue weighted by molar-refractivity contribution is 6.81. The van der Waals surface area contributed by atoms with Crippen LogP contribution >= 0.6 is 0 Å². The average Bonchev–Trinajstić information content (AvgIpc) is 3.01. The van der Waals surface area contributed by atoms with Crippen LogP contribution in [0.25, 0.3) is 0 Å². The molecule has 2 aliphatic rings. The Bertz CT molecular complexity index is 849. The van der Waals surface area contributed by atoms with Crippen molar-refractivity contribution in [3.63, 3.8) is 0 Å². The fraction of sp³-hybridized carbons (Fsp3) is 0.810. The van der Waals surface area contributed by atoms with Crippen LogP contribution in [0.2, 0.25) is 24.2 Å². The minimum atomic E-state index is -2.70. The normalized spacial score (nSPS) is 29.3. The molecule has 3 heterocycles. The van der Waals surface area contributed by atoms with Crippen molar-refractivity contribution in [3.8, 4) is 0 Å². The monoisotopic (exact) mass is 486 g/mol. The fourth-order valence-corrected chi connectivity index (χ4v) is 15.1. The SMILES string of the molecule is CCC[Si]1(CCC)OC[C@H]2O[C@@H](c3c[nH]c(=O)[nH]c3=O)[C@H](O)[C@@H]2O[Si](CCC)(CCC)O1. The third-order valence-corrected chi connectivity index (χ3v) is 15.7. The van der Waals surface area contributed by atoms with Crippen LogP contribution in [0, 0.1) is 0 Å². The van der Waals surface area contributed by atoms with Crippen molar-refractivity contribution >= 4 is 17.1 Å². The number of aromatic amines is 2. The Labute approximate surface area is 191 Å². The summed E-state index contributed by atoms with van der Waals surface area (Å²) in [5, 5.41) is 11.2. The molecule has 4 atom stereocenters. The van der Waals surface area contributed by atoms with Gasteiger partial charge in [0.15, 0.2) is 0 Å². The van der Waals surface area contributed by atoms with E-state index in [1.807, 2.05) is 0 Å². The molecule has 3 rings (SSSR count). The molecule has 2 saturated heterocycles. The predicted molar refractivity (Wildman–Crippen MR) is 125 cm³/mol. The van der Waals surface area contributed by atoms with Crippen molar-refractivity contribution in [2.45, 2.75) is 102 Å². The summed E-state index contributed by atoms with van der Waals surface area (Å²) in [5.41, 5.74) is -0.995. The maximum Gasteiger partial charge on any atom is 0.329 e. The standard InChI is InChI=1S/C21H38N2O7Si2/c1-5-9-31(10-6-2)27-14-16-19(29-32(30-31,11-7-3)12-8-4)17(24)18(28-16)15-13-22-21(26)23-20(15)25/h13,16-19,24H,5-12,14H2,1-4H3,(H2,22,23,25,26)/t16-,17+,18+,19-/m1/s1. The molecule has 182 valence electrons. The van der Waals surface area contributed by atoms with E-state index in [0.717, 1.165) is 49.9 Å². The van der Waals surface area contributed by atoms with Crippen LogP contribution in [0.3, 0.4) is 0 Å². The zero-order valence-corrected chi connectivity index (χ0v) is 21.6. The summed E-state index contributed by atoms with van der Waals surface area (Å²) in [6.45, 7) is 8.81. The Morgan fingerprint density at radius 1 is 1.00 bits per heavy atom. The number of rotatable bonds is 9. The van der Waals surface area contributed by atoms with E-state index in [9.17, 15) is 14.7 Å². The molecule has 3 N–H and O–H groups in total. The van der Waals surface area contributed by atoms with Gasteiger partial charge in [-0.2, -0.15) is 0 Å². The van der Waals surface area contributed by atoms with E-state index < -0.39 is 52.8 Å². The summed E-state index contributed by atoms with van der Waals surface area (Å²) in [6, 6.07) is 3.45. The summed E-state index contributed by atoms with van der Waals surface area (Å²) in [7, 11) is -5.22. The number of aliphatic hydroxyl groups excluding tert-OH is 1. The Kier molecular flexibility index (Phi) is 8.69. The van der Waals surface area contributed by atoms with E-state index in [1.54, 1.807) is 0 Å². The van der Waals surface area contributed by atoms with E-state index in [2.05, 4.69) is 37.7 Å². The van der Waals surface area contributed by atoms with Crippen molar-refractivity contribution in [3.05, 3.63) is 32.6 Å². The van der Waals surface area contributed by atoms with Gasteiger partial charge in [0.1, 0.15) is 24.4 Å². The molecule has 2 aliphatic heterocycles. The Hall–Kier alpha value is -1.09. The molecule has 11 heteroatoms. The van der Waals surface area contributed by atoms with Crippen LogP contribution in [0.4, 0.5) is 0 Å². The summed E-state index contributed by atoms with van der Waals surface area (Å²) in [4.78, 5) is 28.5. The third-order valence-electron chi connectivity index (χ3n) is 6.25. The number of fused-ring (bicyclic) bond motifs is 1. The van der Waals surface area contributed by atoms with Gasteiger partial charge in [0.25, 0.3) is 5.56 Å². The van der Waals surface area contributed by atoms with E-state index in [-0.39, 0.29) is 12.2 Å². The van der Waals surface area contributed by atoms with Crippen LogP contribution in [-0.4, -0.2) is 57.1 Å². The van der Waals surface area contributed by atoms with Gasteiger partial charge in [-0.3, -0.25) is 9.78 Å². The molecule has 0 radical (unpaired) electrons. The summed E-state index contributed by atoms with van der Waals surface area (Å²) in [6.07, 6.45) is 1.98. The van der Waals surface area contributed by atoms with Gasteiger partial charge in [-0.05, 0) is 24.2 Å². The summed E-state index contributed by atoms with van der Waals surface area (Å²) >= 11 is 0. The number of aromatic nitrogens is 2. The van der Waals surface area contributed by atoms with E-state index >= 15 is 0 Å². The Balaban J connectivity index is 1.99. The van der Waals surface area contributed by atoms with Crippen LogP contribution in [-0.2, 0) is 17.7 Å². The lowest BCUT2D eigenvalue weighted by atomic mass is 10.0. The van der Waals surface area contributed by atoms with Crippen molar-refractivity contribution < 1.29 is 22.8 Å². The number of hydrogen-bond acceptors (Lipinski definition) is 7. The minimum Gasteiger partial charge on any atom is -0.414 e. The molecule has 0 aromatic carbocycles. The number of ether oxygens (including phenoxy) is 1. The van der Waals surface area contributed by atoms with Gasteiger partial charge in [-0.25, -0.2) is 4.79 Å². The lowest BCUT2D eigenvalue weighted by Crippen LogP contribution is -2.61. The average molecular weight is 487 g/mol. The molecular weight excluding hydrogens is 448 g/mol. The first-order valence-electron chi connectivity index (χ1n) is 12.0. The van der Waals surface area contributed by atoms with Gasteiger partial charge < -0.3 is 27.8 Å². The zero-order valence-electron chi connectivity index (χ0n) is 19.6. The Morgan fingerprint density at radius 2 is 1.59 bits per heavy atom. The predicted octanol–water partition coefficient (Wildman–Crippen LogP) is 2.82. The smallest absolute Gasteiger partial charge is 0.329 e. The first-order chi connectivity index (χ1) is 15.3.